The minimum absolute atomic E-state index is 0.0408. The molecule has 1 aliphatic heterocycles. The fourth-order valence-electron chi connectivity index (χ4n) is 1.42. The summed E-state index contributed by atoms with van der Waals surface area (Å²) in [5, 5.41) is 2.44. The van der Waals surface area contributed by atoms with Gasteiger partial charge in [0, 0.05) is 5.56 Å². The summed E-state index contributed by atoms with van der Waals surface area (Å²) in [5.74, 6) is 2.18. The second-order valence-corrected chi connectivity index (χ2v) is 3.08. The number of rotatable bonds is 1. The van der Waals surface area contributed by atoms with E-state index < -0.39 is 6.03 Å². The Morgan fingerprint density at radius 1 is 1.40 bits per heavy atom. The van der Waals surface area contributed by atoms with Crippen molar-refractivity contribution in [2.75, 3.05) is 11.4 Å². The van der Waals surface area contributed by atoms with E-state index in [4.69, 9.17) is 6.42 Å². The van der Waals surface area contributed by atoms with Crippen molar-refractivity contribution in [3.63, 3.8) is 0 Å². The number of hydrogen-bond donors (Lipinski definition) is 1. The first-order chi connectivity index (χ1) is 7.22. The van der Waals surface area contributed by atoms with E-state index in [-0.39, 0.29) is 12.5 Å². The van der Waals surface area contributed by atoms with E-state index >= 15 is 0 Å². The van der Waals surface area contributed by atoms with Crippen LogP contribution < -0.4 is 10.2 Å². The molecule has 2 rings (SSSR count). The van der Waals surface area contributed by atoms with Crippen molar-refractivity contribution in [3.05, 3.63) is 29.8 Å². The van der Waals surface area contributed by atoms with E-state index in [2.05, 4.69) is 11.2 Å². The average molecular weight is 200 g/mol. The minimum Gasteiger partial charge on any atom is -0.328 e. The molecule has 1 N–H and O–H groups in total. The number of imide groups is 1. The van der Waals surface area contributed by atoms with Crippen molar-refractivity contribution in [2.24, 2.45) is 0 Å². The van der Waals surface area contributed by atoms with Crippen LogP contribution in [0, 0.1) is 12.3 Å². The highest BCUT2D eigenvalue weighted by atomic mass is 16.2. The van der Waals surface area contributed by atoms with Crippen molar-refractivity contribution < 1.29 is 9.59 Å². The van der Waals surface area contributed by atoms with Crippen molar-refractivity contribution in [1.82, 2.24) is 5.32 Å². The summed E-state index contributed by atoms with van der Waals surface area (Å²) in [7, 11) is 0. The second-order valence-electron chi connectivity index (χ2n) is 3.08. The van der Waals surface area contributed by atoms with Gasteiger partial charge < -0.3 is 5.32 Å². The Balaban J connectivity index is 2.41. The maximum Gasteiger partial charge on any atom is 0.329 e. The van der Waals surface area contributed by atoms with Crippen LogP contribution in [0.4, 0.5) is 10.5 Å². The molecule has 3 amide bonds. The zero-order valence-electron chi connectivity index (χ0n) is 7.86. The fraction of sp³-hybridized carbons (Fsp3) is 0.0909. The van der Waals surface area contributed by atoms with E-state index in [1.54, 1.807) is 24.3 Å². The molecule has 15 heavy (non-hydrogen) atoms. The first-order valence-electron chi connectivity index (χ1n) is 4.40. The van der Waals surface area contributed by atoms with Gasteiger partial charge in [-0.05, 0) is 18.2 Å². The topological polar surface area (TPSA) is 49.4 Å². The largest absolute Gasteiger partial charge is 0.329 e. The zero-order chi connectivity index (χ0) is 10.8. The first-order valence-corrected chi connectivity index (χ1v) is 4.40. The highest BCUT2D eigenvalue weighted by molar-refractivity contribution is 6.19. The Kier molecular flexibility index (Phi) is 2.14. The average Bonchev–Trinajstić information content (AvgIpc) is 2.59. The van der Waals surface area contributed by atoms with Gasteiger partial charge in [-0.25, -0.2) is 9.69 Å². The third-order valence-electron chi connectivity index (χ3n) is 2.11. The van der Waals surface area contributed by atoms with Crippen LogP contribution in [-0.4, -0.2) is 18.5 Å². The summed E-state index contributed by atoms with van der Waals surface area (Å²) >= 11 is 0. The predicted molar refractivity (Wildman–Crippen MR) is 55.3 cm³/mol. The SMILES string of the molecule is C#Cc1cccc(N2C(=O)CNC2=O)c1. The Morgan fingerprint density at radius 3 is 2.80 bits per heavy atom. The van der Waals surface area contributed by atoms with Gasteiger partial charge in [0.1, 0.15) is 0 Å². The number of hydrogen-bond acceptors (Lipinski definition) is 2. The number of anilines is 1. The lowest BCUT2D eigenvalue weighted by Gasteiger charge is -2.12. The molecule has 4 heteroatoms. The lowest BCUT2D eigenvalue weighted by molar-refractivity contribution is -0.115. The van der Waals surface area contributed by atoms with Crippen LogP contribution in [0.25, 0.3) is 0 Å². The fourth-order valence-corrected chi connectivity index (χ4v) is 1.42. The second kappa shape index (κ2) is 3.46. The van der Waals surface area contributed by atoms with Gasteiger partial charge in [0.25, 0.3) is 5.91 Å². The summed E-state index contributed by atoms with van der Waals surface area (Å²) in [6, 6.07) is 6.34. The highest BCUT2D eigenvalue weighted by Crippen LogP contribution is 2.18. The van der Waals surface area contributed by atoms with E-state index in [1.165, 1.54) is 0 Å². The van der Waals surface area contributed by atoms with Gasteiger partial charge >= 0.3 is 6.03 Å². The molecular formula is C11H8N2O2. The molecule has 0 aliphatic carbocycles. The predicted octanol–water partition coefficient (Wildman–Crippen LogP) is 0.724. The van der Waals surface area contributed by atoms with Gasteiger partial charge in [-0.1, -0.05) is 12.0 Å². The molecule has 1 saturated heterocycles. The monoisotopic (exact) mass is 200 g/mol. The van der Waals surface area contributed by atoms with Gasteiger partial charge in [0.15, 0.2) is 0 Å². The molecule has 1 aromatic carbocycles. The Morgan fingerprint density at radius 2 is 2.20 bits per heavy atom. The number of amides is 3. The van der Waals surface area contributed by atoms with E-state index in [0.717, 1.165) is 4.90 Å². The van der Waals surface area contributed by atoms with Gasteiger partial charge in [0.2, 0.25) is 0 Å². The standard InChI is InChI=1S/C11H8N2O2/c1-2-8-4-3-5-9(6-8)13-10(14)7-12-11(13)15/h1,3-6H,7H2,(H,12,15). The molecule has 0 saturated carbocycles. The normalized spacial score (nSPS) is 15.0. The quantitative estimate of drug-likeness (QED) is 0.536. The molecular weight excluding hydrogens is 192 g/mol. The van der Waals surface area contributed by atoms with Crippen LogP contribution in [0.5, 0.6) is 0 Å². The third kappa shape index (κ3) is 1.55. The van der Waals surface area contributed by atoms with Crippen LogP contribution >= 0.6 is 0 Å². The highest BCUT2D eigenvalue weighted by Gasteiger charge is 2.29. The summed E-state index contributed by atoms with van der Waals surface area (Å²) in [5.41, 5.74) is 1.14. The summed E-state index contributed by atoms with van der Waals surface area (Å²) < 4.78 is 0. The van der Waals surface area contributed by atoms with Crippen molar-refractivity contribution in [3.8, 4) is 12.3 Å². The summed E-state index contributed by atoms with van der Waals surface area (Å²) in [4.78, 5) is 23.8. The molecule has 0 radical (unpaired) electrons. The zero-order valence-corrected chi connectivity index (χ0v) is 7.86. The minimum atomic E-state index is -0.408. The number of nitrogens with zero attached hydrogens (tertiary/aromatic N) is 1. The lowest BCUT2D eigenvalue weighted by Crippen LogP contribution is -2.30. The summed E-state index contributed by atoms with van der Waals surface area (Å²) in [6.07, 6.45) is 5.23. The lowest BCUT2D eigenvalue weighted by atomic mass is 10.2. The van der Waals surface area contributed by atoms with E-state index in [1.807, 2.05) is 0 Å². The van der Waals surface area contributed by atoms with Crippen LogP contribution in [0.15, 0.2) is 24.3 Å². The molecule has 1 fully saturated rings. The molecule has 1 aliphatic rings. The Labute approximate surface area is 86.9 Å². The summed E-state index contributed by atoms with van der Waals surface area (Å²) in [6.45, 7) is 0.0408. The van der Waals surface area contributed by atoms with E-state index in [9.17, 15) is 9.59 Å². The van der Waals surface area contributed by atoms with Crippen LogP contribution in [-0.2, 0) is 4.79 Å². The Bertz CT molecular complexity index is 458. The van der Waals surface area contributed by atoms with Gasteiger partial charge in [-0.3, -0.25) is 4.79 Å². The molecule has 0 bridgehead atoms. The number of carbonyl (C=O) groups is 2. The number of nitrogens with one attached hydrogen (secondary N) is 1. The number of benzene rings is 1. The van der Waals surface area contributed by atoms with Crippen LogP contribution in [0.1, 0.15) is 5.56 Å². The number of carbonyl (C=O) groups excluding carboxylic acids is 2. The van der Waals surface area contributed by atoms with E-state index in [0.29, 0.717) is 11.3 Å². The molecule has 0 spiro atoms. The van der Waals surface area contributed by atoms with Crippen molar-refractivity contribution in [1.29, 1.82) is 0 Å². The number of urea groups is 1. The van der Waals surface area contributed by atoms with Gasteiger partial charge in [0.05, 0.1) is 12.2 Å². The van der Waals surface area contributed by atoms with Gasteiger partial charge in [-0.2, -0.15) is 0 Å². The molecule has 1 heterocycles. The molecule has 0 unspecified atom stereocenters. The maximum absolute atomic E-state index is 11.4. The smallest absolute Gasteiger partial charge is 0.328 e. The van der Waals surface area contributed by atoms with Crippen LogP contribution in [0.2, 0.25) is 0 Å². The molecule has 0 aromatic heterocycles. The maximum atomic E-state index is 11.4. The first kappa shape index (κ1) is 9.28. The third-order valence-corrected chi connectivity index (χ3v) is 2.11. The molecule has 1 aromatic rings. The van der Waals surface area contributed by atoms with Crippen molar-refractivity contribution in [2.45, 2.75) is 0 Å². The van der Waals surface area contributed by atoms with Crippen LogP contribution in [0.3, 0.4) is 0 Å². The molecule has 4 nitrogen and oxygen atoms in total. The van der Waals surface area contributed by atoms with Gasteiger partial charge in [-0.15, -0.1) is 6.42 Å². The number of terminal acetylenes is 1. The Hall–Kier alpha value is -2.28. The molecule has 74 valence electrons. The molecule has 0 atom stereocenters. The van der Waals surface area contributed by atoms with Crippen molar-refractivity contribution >= 4 is 17.6 Å².